The molecule has 1 aromatic rings. The largest absolute Gasteiger partial charge is 0.463 e. The average molecular weight is 224 g/mol. The molecule has 0 aliphatic carbocycles. The maximum atomic E-state index is 10.7. The molecule has 88 valence electrons. The number of ether oxygens (including phenoxy) is 3. The third kappa shape index (κ3) is 4.42. The number of carbonyl (C=O) groups excluding carboxylic acids is 1. The SMILES string of the molecule is COCOC(COC(C)=O)c1ccccc1. The molecular formula is C12H16O4. The fourth-order valence-corrected chi connectivity index (χ4v) is 1.25. The van der Waals surface area contributed by atoms with Crippen LogP contribution in [0, 0.1) is 0 Å². The van der Waals surface area contributed by atoms with E-state index in [9.17, 15) is 4.79 Å². The van der Waals surface area contributed by atoms with Gasteiger partial charge in [-0.25, -0.2) is 0 Å². The molecule has 0 aliphatic heterocycles. The van der Waals surface area contributed by atoms with Crippen LogP contribution >= 0.6 is 0 Å². The molecule has 0 radical (unpaired) electrons. The van der Waals surface area contributed by atoms with Crippen molar-refractivity contribution in [3.8, 4) is 0 Å². The second kappa shape index (κ2) is 6.98. The molecule has 4 heteroatoms. The molecule has 1 atom stereocenters. The highest BCUT2D eigenvalue weighted by atomic mass is 16.7. The van der Waals surface area contributed by atoms with E-state index in [-0.39, 0.29) is 25.5 Å². The third-order valence-corrected chi connectivity index (χ3v) is 2.00. The Morgan fingerprint density at radius 2 is 2.00 bits per heavy atom. The molecular weight excluding hydrogens is 208 g/mol. The minimum absolute atomic E-state index is 0.167. The summed E-state index contributed by atoms with van der Waals surface area (Å²) in [7, 11) is 1.55. The first-order chi connectivity index (χ1) is 7.74. The normalized spacial score (nSPS) is 12.1. The maximum Gasteiger partial charge on any atom is 0.302 e. The smallest absolute Gasteiger partial charge is 0.302 e. The van der Waals surface area contributed by atoms with E-state index in [2.05, 4.69) is 0 Å². The molecule has 1 rings (SSSR count). The molecule has 16 heavy (non-hydrogen) atoms. The molecule has 0 aromatic heterocycles. The summed E-state index contributed by atoms with van der Waals surface area (Å²) in [4.78, 5) is 10.7. The van der Waals surface area contributed by atoms with Crippen molar-refractivity contribution in [3.05, 3.63) is 35.9 Å². The summed E-state index contributed by atoms with van der Waals surface area (Å²) in [6.45, 7) is 1.74. The Morgan fingerprint density at radius 3 is 2.56 bits per heavy atom. The highest BCUT2D eigenvalue weighted by molar-refractivity contribution is 5.65. The number of hydrogen-bond donors (Lipinski definition) is 0. The van der Waals surface area contributed by atoms with Crippen LogP contribution in [0.3, 0.4) is 0 Å². The minimum Gasteiger partial charge on any atom is -0.463 e. The van der Waals surface area contributed by atoms with E-state index in [0.717, 1.165) is 5.56 Å². The van der Waals surface area contributed by atoms with Crippen LogP contribution in [-0.2, 0) is 19.0 Å². The van der Waals surface area contributed by atoms with Gasteiger partial charge in [0.05, 0.1) is 0 Å². The molecule has 0 saturated carbocycles. The predicted octanol–water partition coefficient (Wildman–Crippen LogP) is 1.91. The number of methoxy groups -OCH3 is 1. The number of hydrogen-bond acceptors (Lipinski definition) is 4. The molecule has 0 heterocycles. The lowest BCUT2D eigenvalue weighted by Gasteiger charge is -2.17. The van der Waals surface area contributed by atoms with Crippen molar-refractivity contribution in [2.45, 2.75) is 13.0 Å². The Bertz CT molecular complexity index is 310. The number of rotatable bonds is 6. The van der Waals surface area contributed by atoms with Crippen LogP contribution in [0.5, 0.6) is 0 Å². The summed E-state index contributed by atoms with van der Waals surface area (Å²) in [5.74, 6) is -0.318. The van der Waals surface area contributed by atoms with Crippen molar-refractivity contribution >= 4 is 5.97 Å². The fraction of sp³-hybridized carbons (Fsp3) is 0.417. The first-order valence-electron chi connectivity index (χ1n) is 5.03. The molecule has 0 bridgehead atoms. The quantitative estimate of drug-likeness (QED) is 0.547. The van der Waals surface area contributed by atoms with E-state index in [4.69, 9.17) is 14.2 Å². The van der Waals surface area contributed by atoms with Crippen LogP contribution in [0.25, 0.3) is 0 Å². The average Bonchev–Trinajstić information content (AvgIpc) is 2.30. The summed E-state index contributed by atoms with van der Waals surface area (Å²) in [6.07, 6.45) is -0.287. The van der Waals surface area contributed by atoms with Crippen LogP contribution < -0.4 is 0 Å². The Morgan fingerprint density at radius 1 is 1.31 bits per heavy atom. The van der Waals surface area contributed by atoms with Gasteiger partial charge in [-0.2, -0.15) is 0 Å². The van der Waals surface area contributed by atoms with Crippen molar-refractivity contribution in [3.63, 3.8) is 0 Å². The van der Waals surface area contributed by atoms with E-state index < -0.39 is 0 Å². The van der Waals surface area contributed by atoms with Gasteiger partial charge in [0.25, 0.3) is 0 Å². The van der Waals surface area contributed by atoms with Gasteiger partial charge in [0.2, 0.25) is 0 Å². The summed E-state index contributed by atoms with van der Waals surface area (Å²) in [5, 5.41) is 0. The van der Waals surface area contributed by atoms with Crippen LogP contribution in [0.15, 0.2) is 30.3 Å². The summed E-state index contributed by atoms with van der Waals surface area (Å²) in [6, 6.07) is 9.58. The van der Waals surface area contributed by atoms with Crippen molar-refractivity contribution < 1.29 is 19.0 Å². The lowest BCUT2D eigenvalue weighted by atomic mass is 10.1. The van der Waals surface area contributed by atoms with Crippen molar-refractivity contribution in [2.24, 2.45) is 0 Å². The Balaban J connectivity index is 2.59. The van der Waals surface area contributed by atoms with Crippen LogP contribution in [0.1, 0.15) is 18.6 Å². The van der Waals surface area contributed by atoms with Crippen LogP contribution in [-0.4, -0.2) is 26.5 Å². The summed E-state index contributed by atoms with van der Waals surface area (Å²) in [5.41, 5.74) is 0.959. The lowest BCUT2D eigenvalue weighted by Crippen LogP contribution is -2.15. The van der Waals surface area contributed by atoms with Gasteiger partial charge in [-0.1, -0.05) is 30.3 Å². The van der Waals surface area contributed by atoms with Gasteiger partial charge in [-0.05, 0) is 5.56 Å². The highest BCUT2D eigenvalue weighted by Gasteiger charge is 2.13. The van der Waals surface area contributed by atoms with Gasteiger partial charge in [0.1, 0.15) is 19.5 Å². The van der Waals surface area contributed by atoms with Crippen LogP contribution in [0.4, 0.5) is 0 Å². The van der Waals surface area contributed by atoms with Crippen molar-refractivity contribution in [1.29, 1.82) is 0 Å². The Labute approximate surface area is 95.1 Å². The molecule has 0 spiro atoms. The monoisotopic (exact) mass is 224 g/mol. The number of carbonyl (C=O) groups is 1. The van der Waals surface area contributed by atoms with Gasteiger partial charge in [-0.15, -0.1) is 0 Å². The van der Waals surface area contributed by atoms with Crippen LogP contribution in [0.2, 0.25) is 0 Å². The van der Waals surface area contributed by atoms with E-state index in [1.807, 2.05) is 30.3 Å². The van der Waals surface area contributed by atoms with Gasteiger partial charge in [0.15, 0.2) is 0 Å². The third-order valence-electron chi connectivity index (χ3n) is 2.00. The highest BCUT2D eigenvalue weighted by Crippen LogP contribution is 2.17. The fourth-order valence-electron chi connectivity index (χ4n) is 1.25. The first kappa shape index (κ1) is 12.7. The zero-order chi connectivity index (χ0) is 11.8. The zero-order valence-corrected chi connectivity index (χ0v) is 9.51. The van der Waals surface area contributed by atoms with Gasteiger partial charge in [-0.3, -0.25) is 4.79 Å². The second-order valence-corrected chi connectivity index (χ2v) is 3.28. The molecule has 1 aromatic carbocycles. The van der Waals surface area contributed by atoms with Crippen molar-refractivity contribution in [2.75, 3.05) is 20.5 Å². The topological polar surface area (TPSA) is 44.8 Å². The Kier molecular flexibility index (Phi) is 5.53. The van der Waals surface area contributed by atoms with E-state index in [1.54, 1.807) is 7.11 Å². The summed E-state index contributed by atoms with van der Waals surface area (Å²) >= 11 is 0. The molecule has 0 fully saturated rings. The minimum atomic E-state index is -0.318. The van der Waals surface area contributed by atoms with Crippen molar-refractivity contribution in [1.82, 2.24) is 0 Å². The van der Waals surface area contributed by atoms with Gasteiger partial charge in [0, 0.05) is 14.0 Å². The summed E-state index contributed by atoms with van der Waals surface area (Å²) < 4.78 is 15.2. The number of esters is 1. The molecule has 0 saturated heterocycles. The molecule has 0 N–H and O–H groups in total. The van der Waals surface area contributed by atoms with Gasteiger partial charge >= 0.3 is 5.97 Å². The molecule has 0 amide bonds. The first-order valence-corrected chi connectivity index (χ1v) is 5.03. The molecule has 0 aliphatic rings. The maximum absolute atomic E-state index is 10.7. The van der Waals surface area contributed by atoms with Gasteiger partial charge < -0.3 is 14.2 Å². The Hall–Kier alpha value is -1.39. The predicted molar refractivity (Wildman–Crippen MR) is 58.8 cm³/mol. The zero-order valence-electron chi connectivity index (χ0n) is 9.51. The van der Waals surface area contributed by atoms with E-state index in [0.29, 0.717) is 0 Å². The number of benzene rings is 1. The van der Waals surface area contributed by atoms with E-state index >= 15 is 0 Å². The second-order valence-electron chi connectivity index (χ2n) is 3.28. The standard InChI is InChI=1S/C12H16O4/c1-10(13)15-8-12(16-9-14-2)11-6-4-3-5-7-11/h3-7,12H,8-9H2,1-2H3. The lowest BCUT2D eigenvalue weighted by molar-refractivity contribution is -0.150. The molecule has 4 nitrogen and oxygen atoms in total. The van der Waals surface area contributed by atoms with E-state index in [1.165, 1.54) is 6.92 Å². The molecule has 1 unspecified atom stereocenters.